The third kappa shape index (κ3) is 3.22. The molecule has 2 rings (SSSR count). The van der Waals surface area contributed by atoms with Gasteiger partial charge in [0.1, 0.15) is 5.60 Å². The Morgan fingerprint density at radius 3 is 2.45 bits per heavy atom. The first-order valence-corrected chi connectivity index (χ1v) is 7.16. The zero-order valence-corrected chi connectivity index (χ0v) is 12.5. The Morgan fingerprint density at radius 2 is 2.05 bits per heavy atom. The molecule has 1 N–H and O–H groups in total. The molecule has 0 bridgehead atoms. The van der Waals surface area contributed by atoms with Crippen LogP contribution in [-0.4, -0.2) is 17.2 Å². The van der Waals surface area contributed by atoms with E-state index in [1.807, 2.05) is 32.9 Å². The van der Waals surface area contributed by atoms with Gasteiger partial charge in [-0.3, -0.25) is 0 Å². The van der Waals surface area contributed by atoms with Crippen molar-refractivity contribution < 1.29 is 9.53 Å². The molecule has 1 fully saturated rings. The van der Waals surface area contributed by atoms with Gasteiger partial charge >= 0.3 is 6.09 Å². The highest BCUT2D eigenvalue weighted by molar-refractivity contribution is 5.70. The number of nitrogens with zero attached hydrogens (tertiary/aromatic N) is 1. The van der Waals surface area contributed by atoms with E-state index in [2.05, 4.69) is 11.4 Å². The smallest absolute Gasteiger partial charge is 0.408 e. The van der Waals surface area contributed by atoms with Crippen LogP contribution in [0.25, 0.3) is 0 Å². The summed E-state index contributed by atoms with van der Waals surface area (Å²) in [5, 5.41) is 11.9. The van der Waals surface area contributed by atoms with E-state index < -0.39 is 5.60 Å². The van der Waals surface area contributed by atoms with E-state index >= 15 is 0 Å². The first kappa shape index (κ1) is 14.6. The minimum Gasteiger partial charge on any atom is -0.444 e. The van der Waals surface area contributed by atoms with Crippen LogP contribution in [0.5, 0.6) is 0 Å². The van der Waals surface area contributed by atoms with E-state index in [9.17, 15) is 4.79 Å². The number of allylic oxidation sites excluding steroid dienone is 3. The molecule has 0 saturated heterocycles. The summed E-state index contributed by atoms with van der Waals surface area (Å²) >= 11 is 0. The molecular weight excluding hydrogens is 252 g/mol. The maximum atomic E-state index is 12.0. The van der Waals surface area contributed by atoms with Crippen LogP contribution in [-0.2, 0) is 4.74 Å². The molecule has 0 spiro atoms. The van der Waals surface area contributed by atoms with Crippen molar-refractivity contribution in [2.24, 2.45) is 0 Å². The highest BCUT2D eigenvalue weighted by Crippen LogP contribution is 2.42. The highest BCUT2D eigenvalue weighted by Gasteiger charge is 2.42. The van der Waals surface area contributed by atoms with Crippen LogP contribution in [0.3, 0.4) is 0 Å². The second-order valence-electron chi connectivity index (χ2n) is 6.56. The molecule has 4 nitrogen and oxygen atoms in total. The van der Waals surface area contributed by atoms with Crippen LogP contribution >= 0.6 is 0 Å². The van der Waals surface area contributed by atoms with E-state index in [4.69, 9.17) is 10.00 Å². The van der Waals surface area contributed by atoms with Gasteiger partial charge in [-0.05, 0) is 64.5 Å². The van der Waals surface area contributed by atoms with Crippen molar-refractivity contribution in [3.63, 3.8) is 0 Å². The quantitative estimate of drug-likeness (QED) is 0.836. The second kappa shape index (κ2) is 5.32. The van der Waals surface area contributed by atoms with E-state index in [1.54, 1.807) is 0 Å². The third-order valence-electron chi connectivity index (χ3n) is 3.85. The molecule has 0 aromatic carbocycles. The van der Waals surface area contributed by atoms with Gasteiger partial charge in [-0.1, -0.05) is 6.08 Å². The van der Waals surface area contributed by atoms with Gasteiger partial charge in [0.25, 0.3) is 0 Å². The molecule has 0 atom stereocenters. The number of amides is 1. The fraction of sp³-hybridized carbons (Fsp3) is 0.625. The SMILES string of the molecule is CC(C)(C)OC(=O)NC1(C2=CC=C(C#N)CC2)CCC1. The summed E-state index contributed by atoms with van der Waals surface area (Å²) < 4.78 is 5.36. The molecule has 2 aliphatic rings. The average molecular weight is 274 g/mol. The summed E-state index contributed by atoms with van der Waals surface area (Å²) in [5.41, 5.74) is 1.29. The van der Waals surface area contributed by atoms with Gasteiger partial charge in [0.2, 0.25) is 0 Å². The molecule has 1 amide bonds. The lowest BCUT2D eigenvalue weighted by Crippen LogP contribution is -2.56. The van der Waals surface area contributed by atoms with Gasteiger partial charge in [0, 0.05) is 5.57 Å². The molecule has 0 aromatic heterocycles. The van der Waals surface area contributed by atoms with Crippen LogP contribution in [0, 0.1) is 11.3 Å². The fourth-order valence-corrected chi connectivity index (χ4v) is 2.68. The van der Waals surface area contributed by atoms with Crippen molar-refractivity contribution in [1.29, 1.82) is 5.26 Å². The maximum absolute atomic E-state index is 12.0. The molecule has 1 saturated carbocycles. The van der Waals surface area contributed by atoms with Crippen molar-refractivity contribution in [3.8, 4) is 6.07 Å². The van der Waals surface area contributed by atoms with Crippen LogP contribution < -0.4 is 5.32 Å². The van der Waals surface area contributed by atoms with Gasteiger partial charge < -0.3 is 10.1 Å². The van der Waals surface area contributed by atoms with Gasteiger partial charge in [-0.15, -0.1) is 0 Å². The number of ether oxygens (including phenoxy) is 1. The van der Waals surface area contributed by atoms with Crippen molar-refractivity contribution in [2.45, 2.75) is 64.0 Å². The number of alkyl carbamates (subject to hydrolysis) is 1. The topological polar surface area (TPSA) is 62.1 Å². The summed E-state index contributed by atoms with van der Waals surface area (Å²) in [6.07, 6.45) is 8.14. The molecule has 20 heavy (non-hydrogen) atoms. The third-order valence-corrected chi connectivity index (χ3v) is 3.85. The first-order chi connectivity index (χ1) is 9.35. The fourth-order valence-electron chi connectivity index (χ4n) is 2.68. The molecule has 4 heteroatoms. The standard InChI is InChI=1S/C16H22N2O2/c1-15(2,3)20-14(19)18-16(9-4-10-16)13-7-5-12(11-17)6-8-13/h5,7H,4,6,8-10H2,1-3H3,(H,18,19). The molecule has 0 radical (unpaired) electrons. The Balaban J connectivity index is 2.08. The summed E-state index contributed by atoms with van der Waals surface area (Å²) in [4.78, 5) is 12.0. The van der Waals surface area contributed by atoms with E-state index in [-0.39, 0.29) is 11.6 Å². The van der Waals surface area contributed by atoms with E-state index in [1.165, 1.54) is 5.57 Å². The molecular formula is C16H22N2O2. The van der Waals surface area contributed by atoms with Crippen LogP contribution in [0.4, 0.5) is 4.79 Å². The maximum Gasteiger partial charge on any atom is 0.408 e. The normalized spacial score (nSPS) is 20.9. The number of carbonyl (C=O) groups excluding carboxylic acids is 1. The Kier molecular flexibility index (Phi) is 3.89. The average Bonchev–Trinajstić information content (AvgIpc) is 2.32. The van der Waals surface area contributed by atoms with Gasteiger partial charge in [0.05, 0.1) is 11.6 Å². The van der Waals surface area contributed by atoms with Crippen molar-refractivity contribution >= 4 is 6.09 Å². The first-order valence-electron chi connectivity index (χ1n) is 7.16. The second-order valence-corrected chi connectivity index (χ2v) is 6.56. The number of carbonyl (C=O) groups is 1. The minimum atomic E-state index is -0.482. The number of rotatable bonds is 2. The van der Waals surface area contributed by atoms with Crippen LogP contribution in [0.15, 0.2) is 23.3 Å². The van der Waals surface area contributed by atoms with Gasteiger partial charge in [-0.2, -0.15) is 5.26 Å². The predicted molar refractivity (Wildman–Crippen MR) is 77.0 cm³/mol. The van der Waals surface area contributed by atoms with E-state index in [0.717, 1.165) is 37.7 Å². The van der Waals surface area contributed by atoms with E-state index in [0.29, 0.717) is 0 Å². The zero-order chi connectivity index (χ0) is 14.8. The Bertz CT molecular complexity index is 500. The number of hydrogen-bond acceptors (Lipinski definition) is 3. The lowest BCUT2D eigenvalue weighted by atomic mass is 9.69. The molecule has 108 valence electrons. The van der Waals surface area contributed by atoms with Crippen molar-refractivity contribution in [3.05, 3.63) is 23.3 Å². The summed E-state index contributed by atoms with van der Waals surface area (Å²) in [6.45, 7) is 5.59. The highest BCUT2D eigenvalue weighted by atomic mass is 16.6. The Morgan fingerprint density at radius 1 is 1.35 bits per heavy atom. The Labute approximate surface area is 120 Å². The summed E-state index contributed by atoms with van der Waals surface area (Å²) in [7, 11) is 0. The summed E-state index contributed by atoms with van der Waals surface area (Å²) in [5.74, 6) is 0. The number of nitrogens with one attached hydrogen (secondary N) is 1. The molecule has 0 unspecified atom stereocenters. The van der Waals surface area contributed by atoms with Gasteiger partial charge in [-0.25, -0.2) is 4.79 Å². The van der Waals surface area contributed by atoms with Crippen molar-refractivity contribution in [1.82, 2.24) is 5.32 Å². The minimum absolute atomic E-state index is 0.250. The number of nitriles is 1. The molecule has 0 aliphatic heterocycles. The lowest BCUT2D eigenvalue weighted by molar-refractivity contribution is 0.0418. The van der Waals surface area contributed by atoms with Gasteiger partial charge in [0.15, 0.2) is 0 Å². The van der Waals surface area contributed by atoms with Crippen LogP contribution in [0.1, 0.15) is 52.9 Å². The van der Waals surface area contributed by atoms with Crippen LogP contribution in [0.2, 0.25) is 0 Å². The number of hydrogen-bond donors (Lipinski definition) is 1. The monoisotopic (exact) mass is 274 g/mol. The lowest BCUT2D eigenvalue weighted by Gasteiger charge is -2.45. The largest absolute Gasteiger partial charge is 0.444 e. The molecule has 2 aliphatic carbocycles. The summed E-state index contributed by atoms with van der Waals surface area (Å²) in [6, 6.07) is 2.19. The zero-order valence-electron chi connectivity index (χ0n) is 12.5. The molecule has 0 heterocycles. The Hall–Kier alpha value is -1.76. The van der Waals surface area contributed by atoms with Crippen molar-refractivity contribution in [2.75, 3.05) is 0 Å². The predicted octanol–water partition coefficient (Wildman–Crippen LogP) is 3.60. The molecule has 0 aromatic rings.